The third kappa shape index (κ3) is 1.01. The Balaban J connectivity index is 1.43. The molecule has 0 N–H and O–H groups in total. The molecule has 5 aliphatic carbocycles. The fourth-order valence-electron chi connectivity index (χ4n) is 7.66. The molecule has 1 aliphatic heterocycles. The van der Waals surface area contributed by atoms with Crippen LogP contribution in [0.15, 0.2) is 0 Å². The van der Waals surface area contributed by atoms with Crippen molar-refractivity contribution in [1.82, 2.24) is 0 Å². The van der Waals surface area contributed by atoms with Gasteiger partial charge >= 0.3 is 0 Å². The van der Waals surface area contributed by atoms with E-state index in [-0.39, 0.29) is 0 Å². The largest absolute Gasteiger partial charge is 0.374 e. The van der Waals surface area contributed by atoms with Crippen LogP contribution in [0.25, 0.3) is 0 Å². The minimum atomic E-state index is 0.369. The van der Waals surface area contributed by atoms with Gasteiger partial charge < -0.3 is 4.74 Å². The number of fused-ring (bicyclic) bond motifs is 6. The third-order valence-electron chi connectivity index (χ3n) is 7.95. The number of hydrogen-bond acceptors (Lipinski definition) is 3. The summed E-state index contributed by atoms with van der Waals surface area (Å²) in [6.45, 7) is 0. The molecule has 0 aromatic rings. The average Bonchev–Trinajstić information content (AvgIpc) is 3.09. The van der Waals surface area contributed by atoms with E-state index in [1.54, 1.807) is 0 Å². The Kier molecular flexibility index (Phi) is 1.76. The Bertz CT molecular complexity index is 452. The van der Waals surface area contributed by atoms with Crippen LogP contribution in [0.4, 0.5) is 0 Å². The van der Waals surface area contributed by atoms with Crippen molar-refractivity contribution < 1.29 is 14.3 Å². The van der Waals surface area contributed by atoms with Gasteiger partial charge in [-0.3, -0.25) is 9.59 Å². The predicted octanol–water partition coefficient (Wildman–Crippen LogP) is 1.84. The molecule has 0 bridgehead atoms. The van der Waals surface area contributed by atoms with Crippen molar-refractivity contribution in [3.05, 3.63) is 0 Å². The molecule has 0 aromatic heterocycles. The van der Waals surface area contributed by atoms with E-state index in [0.29, 0.717) is 47.4 Å². The maximum Gasteiger partial charge on any atom is 0.133 e. The third-order valence-corrected chi connectivity index (χ3v) is 7.95. The predicted molar refractivity (Wildman–Crippen MR) is 69.7 cm³/mol. The summed E-state index contributed by atoms with van der Waals surface area (Å²) in [5.74, 6) is 6.22. The molecule has 10 unspecified atom stereocenters. The van der Waals surface area contributed by atoms with E-state index in [1.165, 1.54) is 6.42 Å². The van der Waals surface area contributed by atoms with Gasteiger partial charge in [0.15, 0.2) is 0 Å². The molecule has 6 rings (SSSR count). The molecule has 106 valence electrons. The quantitative estimate of drug-likeness (QED) is 0.676. The number of Topliss-reactive ketones (excluding diaryl/α,β-unsaturated/α-hetero) is 2. The van der Waals surface area contributed by atoms with Crippen molar-refractivity contribution in [2.24, 2.45) is 47.3 Å². The Hall–Kier alpha value is -0.700. The second kappa shape index (κ2) is 3.21. The van der Waals surface area contributed by atoms with Gasteiger partial charge in [-0.15, -0.1) is 0 Å². The molecule has 1 saturated heterocycles. The van der Waals surface area contributed by atoms with Crippen LogP contribution in [0, 0.1) is 47.3 Å². The van der Waals surface area contributed by atoms with Crippen LogP contribution in [-0.2, 0) is 14.3 Å². The lowest BCUT2D eigenvalue weighted by atomic mass is 9.83. The first-order valence-corrected chi connectivity index (χ1v) is 8.41. The summed E-state index contributed by atoms with van der Waals surface area (Å²) in [5.41, 5.74) is 0. The van der Waals surface area contributed by atoms with Gasteiger partial charge in [0.25, 0.3) is 0 Å². The topological polar surface area (TPSA) is 43.4 Å². The summed E-state index contributed by atoms with van der Waals surface area (Å²) in [6, 6.07) is 0. The summed E-state index contributed by atoms with van der Waals surface area (Å²) >= 11 is 0. The zero-order valence-electron chi connectivity index (χ0n) is 11.5. The monoisotopic (exact) mass is 272 g/mol. The first-order chi connectivity index (χ1) is 9.72. The van der Waals surface area contributed by atoms with Crippen molar-refractivity contribution in [2.45, 2.75) is 44.3 Å². The van der Waals surface area contributed by atoms with Crippen LogP contribution in [-0.4, -0.2) is 23.8 Å². The zero-order chi connectivity index (χ0) is 13.2. The van der Waals surface area contributed by atoms with E-state index in [2.05, 4.69) is 0 Å². The van der Waals surface area contributed by atoms with Gasteiger partial charge in [-0.2, -0.15) is 0 Å². The molecule has 3 heteroatoms. The molecule has 5 saturated carbocycles. The van der Waals surface area contributed by atoms with E-state index < -0.39 is 0 Å². The first-order valence-electron chi connectivity index (χ1n) is 8.41. The van der Waals surface area contributed by atoms with Crippen LogP contribution < -0.4 is 0 Å². The molecule has 3 nitrogen and oxygen atoms in total. The molecule has 20 heavy (non-hydrogen) atoms. The van der Waals surface area contributed by atoms with Crippen LogP contribution in [0.2, 0.25) is 0 Å². The molecule has 0 radical (unpaired) electrons. The Morgan fingerprint density at radius 1 is 0.650 bits per heavy atom. The van der Waals surface area contributed by atoms with Gasteiger partial charge in [0, 0.05) is 25.7 Å². The van der Waals surface area contributed by atoms with E-state index in [9.17, 15) is 9.59 Å². The SMILES string of the molecule is O=C1CC2C(C1)C1OC3C4CC(=O)CC4C4CC2C1C43. The minimum Gasteiger partial charge on any atom is -0.374 e. The van der Waals surface area contributed by atoms with Gasteiger partial charge in [0.1, 0.15) is 11.6 Å². The highest BCUT2D eigenvalue weighted by Gasteiger charge is 2.72. The van der Waals surface area contributed by atoms with Gasteiger partial charge in [-0.1, -0.05) is 0 Å². The maximum atomic E-state index is 11.8. The molecule has 6 aliphatic rings. The summed E-state index contributed by atoms with van der Waals surface area (Å²) in [5, 5.41) is 0. The second-order valence-electron chi connectivity index (χ2n) is 8.33. The number of hydrogen-bond donors (Lipinski definition) is 0. The number of rotatable bonds is 0. The molecule has 10 atom stereocenters. The van der Waals surface area contributed by atoms with Crippen molar-refractivity contribution in [1.29, 1.82) is 0 Å². The minimum absolute atomic E-state index is 0.369. The average molecular weight is 272 g/mol. The standard InChI is InChI=1S/C17H20O3/c18-6-1-8-10-5-11-9-2-7(19)4-13(9)17-15(11)14(10)16(20-17)12(8)3-6/h8-17H,1-5H2. The van der Waals surface area contributed by atoms with Gasteiger partial charge in [0.2, 0.25) is 0 Å². The lowest BCUT2D eigenvalue weighted by molar-refractivity contribution is -0.118. The molecular weight excluding hydrogens is 252 g/mol. The first kappa shape index (κ1) is 10.9. The van der Waals surface area contributed by atoms with Crippen LogP contribution >= 0.6 is 0 Å². The van der Waals surface area contributed by atoms with E-state index in [4.69, 9.17) is 4.74 Å². The fraction of sp³-hybridized carbons (Fsp3) is 0.882. The maximum absolute atomic E-state index is 11.8. The van der Waals surface area contributed by atoms with Crippen LogP contribution in [0.1, 0.15) is 32.1 Å². The van der Waals surface area contributed by atoms with Crippen molar-refractivity contribution in [3.63, 3.8) is 0 Å². The van der Waals surface area contributed by atoms with Crippen molar-refractivity contribution >= 4 is 11.6 Å². The van der Waals surface area contributed by atoms with Gasteiger partial charge in [-0.05, 0) is 53.8 Å². The van der Waals surface area contributed by atoms with Crippen LogP contribution in [0.3, 0.4) is 0 Å². The van der Waals surface area contributed by atoms with Gasteiger partial charge in [0.05, 0.1) is 12.2 Å². The molecular formula is C17H20O3. The number of ether oxygens (including phenoxy) is 1. The highest BCUT2D eigenvalue weighted by molar-refractivity contribution is 5.82. The Morgan fingerprint density at radius 2 is 1.10 bits per heavy atom. The van der Waals surface area contributed by atoms with E-state index in [1.807, 2.05) is 0 Å². The Labute approximate surface area is 118 Å². The van der Waals surface area contributed by atoms with Crippen LogP contribution in [0.5, 0.6) is 0 Å². The van der Waals surface area contributed by atoms with Gasteiger partial charge in [-0.25, -0.2) is 0 Å². The summed E-state index contributed by atoms with van der Waals surface area (Å²) in [4.78, 5) is 23.7. The molecule has 0 aromatic carbocycles. The normalized spacial score (nSPS) is 65.0. The fourth-order valence-corrected chi connectivity index (χ4v) is 7.66. The van der Waals surface area contributed by atoms with Crippen molar-refractivity contribution in [2.75, 3.05) is 0 Å². The van der Waals surface area contributed by atoms with E-state index in [0.717, 1.165) is 49.4 Å². The lowest BCUT2D eigenvalue weighted by Crippen LogP contribution is -2.25. The van der Waals surface area contributed by atoms with Crippen molar-refractivity contribution in [3.8, 4) is 0 Å². The number of carbonyl (C=O) groups is 2. The second-order valence-corrected chi connectivity index (χ2v) is 8.33. The Morgan fingerprint density at radius 3 is 1.60 bits per heavy atom. The van der Waals surface area contributed by atoms with E-state index >= 15 is 0 Å². The summed E-state index contributed by atoms with van der Waals surface area (Å²) < 4.78 is 6.53. The highest BCUT2D eigenvalue weighted by Crippen LogP contribution is 2.71. The summed E-state index contributed by atoms with van der Waals surface area (Å²) in [7, 11) is 0. The highest BCUT2D eigenvalue weighted by atomic mass is 16.5. The molecule has 1 heterocycles. The number of ketones is 2. The molecule has 6 fully saturated rings. The summed E-state index contributed by atoms with van der Waals surface area (Å²) in [6.07, 6.45) is 5.24. The smallest absolute Gasteiger partial charge is 0.133 e. The zero-order valence-corrected chi connectivity index (χ0v) is 11.5. The lowest BCUT2D eigenvalue weighted by Gasteiger charge is -2.24. The molecule has 0 spiro atoms. The number of carbonyl (C=O) groups excluding carboxylic acids is 2. The molecule has 0 amide bonds.